The molecule has 0 bridgehead atoms. The molecule has 10 heteroatoms. The molecule has 0 spiro atoms. The van der Waals surface area contributed by atoms with E-state index in [1.54, 1.807) is 17.0 Å². The number of hydrogen-bond donors (Lipinski definition) is 3. The van der Waals surface area contributed by atoms with E-state index < -0.39 is 25.1 Å². The first-order valence-electron chi connectivity index (χ1n) is 16.2. The van der Waals surface area contributed by atoms with Gasteiger partial charge in [-0.15, -0.1) is 0 Å². The van der Waals surface area contributed by atoms with Crippen molar-refractivity contribution in [2.24, 2.45) is 17.8 Å². The van der Waals surface area contributed by atoms with Crippen molar-refractivity contribution in [1.29, 1.82) is 0 Å². The fourth-order valence-electron chi connectivity index (χ4n) is 7.99. The second-order valence-corrected chi connectivity index (χ2v) is 13.3. The van der Waals surface area contributed by atoms with E-state index in [1.807, 2.05) is 24.3 Å². The number of aliphatic hydroxyl groups excluding tert-OH is 1. The Morgan fingerprint density at radius 2 is 1.84 bits per heavy atom. The third-order valence-electron chi connectivity index (χ3n) is 10.2. The highest BCUT2D eigenvalue weighted by atomic mass is 35.5. The van der Waals surface area contributed by atoms with E-state index >= 15 is 0 Å². The van der Waals surface area contributed by atoms with Gasteiger partial charge in [0, 0.05) is 25.7 Å². The molecule has 0 saturated carbocycles. The largest absolute Gasteiger partial charge is 0.508 e. The molecule has 45 heavy (non-hydrogen) atoms. The van der Waals surface area contributed by atoms with Crippen LogP contribution in [0.25, 0.3) is 6.08 Å². The molecule has 4 aliphatic rings. The molecule has 3 fully saturated rings. The molecule has 3 aliphatic heterocycles. The highest BCUT2D eigenvalue weighted by Gasteiger charge is 2.58. The number of piperidine rings is 1. The van der Waals surface area contributed by atoms with E-state index in [2.05, 4.69) is 24.0 Å². The lowest BCUT2D eigenvalue weighted by atomic mass is 9.58. The molecule has 3 saturated heterocycles. The van der Waals surface area contributed by atoms with Crippen LogP contribution in [0.5, 0.6) is 5.75 Å². The lowest BCUT2D eigenvalue weighted by Gasteiger charge is -2.43. The normalized spacial score (nSPS) is 26.4. The van der Waals surface area contributed by atoms with Crippen LogP contribution in [0.3, 0.4) is 0 Å². The van der Waals surface area contributed by atoms with Crippen molar-refractivity contribution >= 4 is 36.6 Å². The number of rotatable bonds is 9. The Morgan fingerprint density at radius 1 is 1.09 bits per heavy atom. The summed E-state index contributed by atoms with van der Waals surface area (Å²) in [6, 6.07) is 15.1. The molecule has 2 aromatic carbocycles. The molecule has 3 N–H and O–H groups in total. The zero-order chi connectivity index (χ0) is 31.7. The number of benzene rings is 2. The Balaban J connectivity index is 1.17. The number of carbonyl (C=O) groups is 2. The quantitative estimate of drug-likeness (QED) is 0.201. The van der Waals surface area contributed by atoms with E-state index in [9.17, 15) is 24.8 Å². The number of nitrogens with zero attached hydrogens (tertiary/aromatic N) is 2. The fraction of sp³-hybridized carbons (Fsp3) is 0.486. The predicted molar refractivity (Wildman–Crippen MR) is 174 cm³/mol. The summed E-state index contributed by atoms with van der Waals surface area (Å²) in [5.74, 6) is -1.55. The number of halogens is 1. The number of phenols is 1. The van der Waals surface area contributed by atoms with Crippen molar-refractivity contribution in [3.8, 4) is 5.75 Å². The van der Waals surface area contributed by atoms with Gasteiger partial charge in [-0.2, -0.15) is 0 Å². The fourth-order valence-corrected chi connectivity index (χ4v) is 8.22. The average molecular weight is 633 g/mol. The topological polar surface area (TPSA) is 111 Å². The van der Waals surface area contributed by atoms with Crippen molar-refractivity contribution in [2.45, 2.75) is 70.5 Å². The summed E-state index contributed by atoms with van der Waals surface area (Å²) in [4.78, 5) is 31.9. The predicted octanol–water partition coefficient (Wildman–Crippen LogP) is 5.07. The van der Waals surface area contributed by atoms with Crippen molar-refractivity contribution in [3.05, 3.63) is 81.4 Å². The van der Waals surface area contributed by atoms with Crippen LogP contribution < -0.4 is 0 Å². The van der Waals surface area contributed by atoms with Gasteiger partial charge in [-0.3, -0.25) is 19.4 Å². The molecule has 1 aliphatic carbocycles. The molecule has 4 atom stereocenters. The summed E-state index contributed by atoms with van der Waals surface area (Å²) in [5, 5.41) is 31.5. The summed E-state index contributed by atoms with van der Waals surface area (Å²) in [6.07, 6.45) is 5.61. The van der Waals surface area contributed by atoms with Crippen LogP contribution in [-0.2, 0) is 20.8 Å². The Bertz CT molecular complexity index is 1470. The van der Waals surface area contributed by atoms with Crippen LogP contribution in [0, 0.1) is 17.8 Å². The molecule has 0 aromatic heterocycles. The number of amides is 2. The van der Waals surface area contributed by atoms with Gasteiger partial charge >= 0.3 is 7.12 Å². The van der Waals surface area contributed by atoms with Crippen molar-refractivity contribution < 1.29 is 29.5 Å². The maximum absolute atomic E-state index is 14.1. The first kappa shape index (κ1) is 32.0. The zero-order valence-electron chi connectivity index (χ0n) is 25.8. The van der Waals surface area contributed by atoms with Crippen LogP contribution in [0.1, 0.15) is 56.6 Å². The van der Waals surface area contributed by atoms with Crippen LogP contribution in [0.15, 0.2) is 65.3 Å². The number of fused-ring (bicyclic) bond motifs is 3. The van der Waals surface area contributed by atoms with Gasteiger partial charge in [0.2, 0.25) is 11.8 Å². The number of imide groups is 1. The third kappa shape index (κ3) is 6.65. The summed E-state index contributed by atoms with van der Waals surface area (Å²) in [5.41, 5.74) is 4.85. The van der Waals surface area contributed by atoms with Crippen molar-refractivity contribution in [1.82, 2.24) is 9.80 Å². The molecule has 3 heterocycles. The molecule has 0 unspecified atom stereocenters. The third-order valence-corrected chi connectivity index (χ3v) is 10.6. The van der Waals surface area contributed by atoms with Crippen LogP contribution in [0.4, 0.5) is 0 Å². The number of phenolic OH excluding ortho intramolecular Hbond substituents is 1. The number of carbonyl (C=O) groups excluding carboxylic acids is 2. The van der Waals surface area contributed by atoms with E-state index in [0.717, 1.165) is 61.2 Å². The second kappa shape index (κ2) is 13.8. The Morgan fingerprint density at radius 3 is 2.53 bits per heavy atom. The van der Waals surface area contributed by atoms with Gasteiger partial charge < -0.3 is 19.9 Å². The van der Waals surface area contributed by atoms with Gasteiger partial charge in [-0.05, 0) is 91.2 Å². The maximum atomic E-state index is 14.1. The van der Waals surface area contributed by atoms with Gasteiger partial charge in [0.1, 0.15) is 5.75 Å². The number of aromatic hydroxyl groups is 1. The summed E-state index contributed by atoms with van der Waals surface area (Å²) in [6.45, 7) is 4.35. The van der Waals surface area contributed by atoms with Crippen LogP contribution >= 0.6 is 11.6 Å². The molecule has 2 amide bonds. The molecule has 6 rings (SSSR count). The van der Waals surface area contributed by atoms with E-state index in [1.165, 1.54) is 11.6 Å². The molecular formula is C35H42BClN2O6. The lowest BCUT2D eigenvalue weighted by Crippen LogP contribution is -2.48. The van der Waals surface area contributed by atoms with Crippen molar-refractivity contribution in [3.63, 3.8) is 0 Å². The SMILES string of the molecule is CC/C(=C\c1ccc(O)cc1Cl)CC[C@H]1OB(O)C[C@H]2C1=C(CO)C[C@H]1C(=O)N(C3CCN(Cc4ccccc4)CC3)C(=O)[C@H]12. The molecular weight excluding hydrogens is 591 g/mol. The summed E-state index contributed by atoms with van der Waals surface area (Å²) in [7, 11) is -1.05. The molecule has 238 valence electrons. The number of hydrogen-bond acceptors (Lipinski definition) is 7. The highest BCUT2D eigenvalue weighted by Crippen LogP contribution is 2.51. The second-order valence-electron chi connectivity index (χ2n) is 12.9. The van der Waals surface area contributed by atoms with E-state index in [-0.39, 0.29) is 42.5 Å². The first-order valence-corrected chi connectivity index (χ1v) is 16.6. The van der Waals surface area contributed by atoms with E-state index in [4.69, 9.17) is 16.3 Å². The highest BCUT2D eigenvalue weighted by molar-refractivity contribution is 6.43. The number of aliphatic hydroxyl groups is 1. The van der Waals surface area contributed by atoms with Gasteiger partial charge in [0.25, 0.3) is 0 Å². The minimum absolute atomic E-state index is 0.108. The van der Waals surface area contributed by atoms with Crippen molar-refractivity contribution in [2.75, 3.05) is 19.7 Å². The Kier molecular flexibility index (Phi) is 9.83. The zero-order valence-corrected chi connectivity index (χ0v) is 26.5. The average Bonchev–Trinajstić information content (AvgIpc) is 3.29. The molecule has 8 nitrogen and oxygen atoms in total. The maximum Gasteiger partial charge on any atom is 0.455 e. The first-order chi connectivity index (χ1) is 21.8. The Hall–Kier alpha value is -2.95. The minimum Gasteiger partial charge on any atom is -0.508 e. The van der Waals surface area contributed by atoms with Gasteiger partial charge in [-0.1, -0.05) is 60.5 Å². The standard InChI is InChI=1S/C35H42BClN2O6/c1-2-22(16-24-9-10-27(41)18-30(24)37)8-11-31-32-25(21-40)17-28-33(29(32)19-36(44)45-31)35(43)39(34(28)42)26-12-14-38(15-13-26)20-23-6-4-3-5-7-23/h3-7,9-10,16,18,26,28-29,31,33,40-41,44H,2,8,11-15,17,19-21H2,1H3/b22-16+/t28-,29+,31-,33-/m1/s1. The van der Waals surface area contributed by atoms with Crippen LogP contribution in [-0.4, -0.2) is 75.8 Å². The summed E-state index contributed by atoms with van der Waals surface area (Å²) >= 11 is 6.35. The minimum atomic E-state index is -1.05. The van der Waals surface area contributed by atoms with Crippen LogP contribution in [0.2, 0.25) is 11.3 Å². The molecule has 2 aromatic rings. The smallest absolute Gasteiger partial charge is 0.455 e. The van der Waals surface area contributed by atoms with Gasteiger partial charge in [0.05, 0.1) is 29.6 Å². The number of allylic oxidation sites excluding steroid dienone is 1. The lowest BCUT2D eigenvalue weighted by molar-refractivity contribution is -0.144. The monoisotopic (exact) mass is 632 g/mol. The molecule has 0 radical (unpaired) electrons. The van der Waals surface area contributed by atoms with E-state index in [0.29, 0.717) is 24.3 Å². The Labute approximate surface area is 270 Å². The summed E-state index contributed by atoms with van der Waals surface area (Å²) < 4.78 is 6.07. The number of likely N-dealkylation sites (tertiary alicyclic amines) is 2. The van der Waals surface area contributed by atoms with Gasteiger partial charge in [-0.25, -0.2) is 0 Å². The van der Waals surface area contributed by atoms with Gasteiger partial charge in [0.15, 0.2) is 0 Å².